The van der Waals surface area contributed by atoms with Crippen molar-refractivity contribution in [3.8, 4) is 0 Å². The maximum atomic E-state index is 12.6. The fourth-order valence-corrected chi connectivity index (χ4v) is 2.13. The molecule has 0 aromatic heterocycles. The lowest BCUT2D eigenvalue weighted by Crippen LogP contribution is -2.39. The van der Waals surface area contributed by atoms with Gasteiger partial charge in [0.15, 0.2) is 0 Å². The summed E-state index contributed by atoms with van der Waals surface area (Å²) >= 11 is 0. The fourth-order valence-electron chi connectivity index (χ4n) is 2.13. The number of hydrogen-bond donors (Lipinski definition) is 1. The molecule has 82 valence electrons. The van der Waals surface area contributed by atoms with Gasteiger partial charge in [0, 0.05) is 6.04 Å². The second-order valence-electron chi connectivity index (χ2n) is 3.98. The topological polar surface area (TPSA) is 21.3 Å². The number of rotatable bonds is 3. The standard InChI is InChI=1S/C12H16FNO/c13-15-12(10-6-2-1-3-7-10)11-8-4-5-9-14-11/h1-3,6-7,11-12,14H,4-5,8-9H2. The normalized spacial score (nSPS) is 23.7. The number of piperidine rings is 1. The lowest BCUT2D eigenvalue weighted by Gasteiger charge is -2.28. The first kappa shape index (κ1) is 10.6. The van der Waals surface area contributed by atoms with Crippen molar-refractivity contribution >= 4 is 0 Å². The van der Waals surface area contributed by atoms with Crippen LogP contribution in [0.15, 0.2) is 30.3 Å². The first-order chi connectivity index (χ1) is 7.42. The molecule has 0 bridgehead atoms. The van der Waals surface area contributed by atoms with Gasteiger partial charge in [-0.15, -0.1) is 0 Å². The van der Waals surface area contributed by atoms with E-state index in [-0.39, 0.29) is 6.04 Å². The largest absolute Gasteiger partial charge is 0.311 e. The lowest BCUT2D eigenvalue weighted by molar-refractivity contribution is -0.193. The zero-order valence-corrected chi connectivity index (χ0v) is 8.66. The van der Waals surface area contributed by atoms with Gasteiger partial charge in [0.05, 0.1) is 0 Å². The van der Waals surface area contributed by atoms with Gasteiger partial charge in [0.2, 0.25) is 0 Å². The fraction of sp³-hybridized carbons (Fsp3) is 0.500. The Bertz CT molecular complexity index is 285. The number of hydrogen-bond acceptors (Lipinski definition) is 2. The molecule has 0 saturated carbocycles. The summed E-state index contributed by atoms with van der Waals surface area (Å²) in [6, 6.07) is 9.65. The highest BCUT2D eigenvalue weighted by Crippen LogP contribution is 2.26. The molecule has 0 amide bonds. The van der Waals surface area contributed by atoms with Crippen molar-refractivity contribution < 1.29 is 9.47 Å². The SMILES string of the molecule is FOC(c1ccccc1)C1CCCCN1. The minimum absolute atomic E-state index is 0.103. The average molecular weight is 209 g/mol. The smallest absolute Gasteiger partial charge is 0.139 e. The van der Waals surface area contributed by atoms with Crippen LogP contribution in [-0.4, -0.2) is 12.6 Å². The van der Waals surface area contributed by atoms with Gasteiger partial charge in [-0.25, -0.2) is 0 Å². The van der Waals surface area contributed by atoms with Crippen LogP contribution >= 0.6 is 0 Å². The molecule has 0 spiro atoms. The van der Waals surface area contributed by atoms with E-state index < -0.39 is 6.10 Å². The van der Waals surface area contributed by atoms with Crippen LogP contribution in [0.2, 0.25) is 0 Å². The molecule has 15 heavy (non-hydrogen) atoms. The van der Waals surface area contributed by atoms with Crippen LogP contribution in [0.4, 0.5) is 4.53 Å². The van der Waals surface area contributed by atoms with Crippen LogP contribution in [0.1, 0.15) is 30.9 Å². The van der Waals surface area contributed by atoms with E-state index in [2.05, 4.69) is 10.3 Å². The van der Waals surface area contributed by atoms with E-state index in [1.165, 1.54) is 6.42 Å². The third-order valence-electron chi connectivity index (χ3n) is 2.94. The van der Waals surface area contributed by atoms with Crippen LogP contribution in [0, 0.1) is 0 Å². The van der Waals surface area contributed by atoms with E-state index in [4.69, 9.17) is 0 Å². The molecule has 2 rings (SSSR count). The molecule has 2 unspecified atom stereocenters. The maximum absolute atomic E-state index is 12.6. The molecule has 1 aliphatic heterocycles. The number of benzene rings is 1. The third kappa shape index (κ3) is 2.55. The van der Waals surface area contributed by atoms with Gasteiger partial charge in [-0.3, -0.25) is 0 Å². The van der Waals surface area contributed by atoms with Gasteiger partial charge in [-0.2, -0.15) is 4.94 Å². The van der Waals surface area contributed by atoms with Gasteiger partial charge < -0.3 is 5.32 Å². The Morgan fingerprint density at radius 3 is 2.67 bits per heavy atom. The molecule has 1 fully saturated rings. The molecule has 0 aliphatic carbocycles. The summed E-state index contributed by atoms with van der Waals surface area (Å²) < 4.78 is 12.6. The zero-order chi connectivity index (χ0) is 10.5. The second kappa shape index (κ2) is 5.24. The summed E-state index contributed by atoms with van der Waals surface area (Å²) in [7, 11) is 0. The molecule has 1 heterocycles. The molecule has 1 N–H and O–H groups in total. The van der Waals surface area contributed by atoms with Gasteiger partial charge in [-0.1, -0.05) is 36.8 Å². The number of nitrogens with one attached hydrogen (secondary N) is 1. The van der Waals surface area contributed by atoms with Crippen LogP contribution in [0.3, 0.4) is 0 Å². The Kier molecular flexibility index (Phi) is 3.69. The zero-order valence-electron chi connectivity index (χ0n) is 8.66. The Morgan fingerprint density at radius 1 is 1.27 bits per heavy atom. The van der Waals surface area contributed by atoms with Crippen molar-refractivity contribution in [3.05, 3.63) is 35.9 Å². The van der Waals surface area contributed by atoms with E-state index in [9.17, 15) is 4.53 Å². The first-order valence-corrected chi connectivity index (χ1v) is 5.47. The van der Waals surface area contributed by atoms with Crippen molar-refractivity contribution in [1.82, 2.24) is 5.32 Å². The van der Waals surface area contributed by atoms with Crippen molar-refractivity contribution in [2.24, 2.45) is 0 Å². The molecule has 2 atom stereocenters. The Balaban J connectivity index is 2.09. The van der Waals surface area contributed by atoms with Crippen molar-refractivity contribution in [3.63, 3.8) is 0 Å². The summed E-state index contributed by atoms with van der Waals surface area (Å²) in [5, 5.41) is 3.30. The molecular weight excluding hydrogens is 193 g/mol. The third-order valence-corrected chi connectivity index (χ3v) is 2.94. The van der Waals surface area contributed by atoms with E-state index >= 15 is 0 Å². The summed E-state index contributed by atoms with van der Waals surface area (Å²) in [5.41, 5.74) is 0.902. The van der Waals surface area contributed by atoms with Gasteiger partial charge in [0.1, 0.15) is 6.10 Å². The van der Waals surface area contributed by atoms with Crippen LogP contribution in [-0.2, 0) is 4.94 Å². The Hall–Kier alpha value is -0.930. The van der Waals surface area contributed by atoms with Gasteiger partial charge >= 0.3 is 0 Å². The molecule has 1 aliphatic rings. The highest BCUT2D eigenvalue weighted by atomic mass is 19.3. The lowest BCUT2D eigenvalue weighted by atomic mass is 9.95. The first-order valence-electron chi connectivity index (χ1n) is 5.47. The van der Waals surface area contributed by atoms with E-state index in [0.29, 0.717) is 0 Å². The Labute approximate surface area is 89.3 Å². The van der Waals surface area contributed by atoms with E-state index in [1.54, 1.807) is 0 Å². The molecule has 1 saturated heterocycles. The molecule has 1 aromatic rings. The highest BCUT2D eigenvalue weighted by Gasteiger charge is 2.26. The van der Waals surface area contributed by atoms with Crippen molar-refractivity contribution in [2.75, 3.05) is 6.54 Å². The Morgan fingerprint density at radius 2 is 2.07 bits per heavy atom. The summed E-state index contributed by atoms with van der Waals surface area (Å²) in [4.78, 5) is 4.11. The molecule has 3 heteroatoms. The second-order valence-corrected chi connectivity index (χ2v) is 3.98. The molecule has 2 nitrogen and oxygen atoms in total. The monoisotopic (exact) mass is 209 g/mol. The minimum Gasteiger partial charge on any atom is -0.311 e. The quantitative estimate of drug-likeness (QED) is 0.826. The predicted molar refractivity (Wildman–Crippen MR) is 57.0 cm³/mol. The number of halogens is 1. The molecule has 0 radical (unpaired) electrons. The summed E-state index contributed by atoms with van der Waals surface area (Å²) in [5.74, 6) is 0. The molecule has 1 aromatic carbocycles. The van der Waals surface area contributed by atoms with Crippen LogP contribution in [0.5, 0.6) is 0 Å². The molecular formula is C12H16FNO. The summed E-state index contributed by atoms with van der Waals surface area (Å²) in [6.07, 6.45) is 2.82. The van der Waals surface area contributed by atoms with Crippen molar-refractivity contribution in [2.45, 2.75) is 31.4 Å². The van der Waals surface area contributed by atoms with Gasteiger partial charge in [-0.05, 0) is 29.5 Å². The maximum Gasteiger partial charge on any atom is 0.139 e. The minimum atomic E-state index is -0.466. The highest BCUT2D eigenvalue weighted by molar-refractivity contribution is 5.19. The van der Waals surface area contributed by atoms with E-state index in [1.807, 2.05) is 30.3 Å². The average Bonchev–Trinajstić information content (AvgIpc) is 2.33. The predicted octanol–water partition coefficient (Wildman–Crippen LogP) is 2.77. The summed E-state index contributed by atoms with van der Waals surface area (Å²) in [6.45, 7) is 0.956. The van der Waals surface area contributed by atoms with E-state index in [0.717, 1.165) is 24.9 Å². The van der Waals surface area contributed by atoms with Gasteiger partial charge in [0.25, 0.3) is 0 Å². The van der Waals surface area contributed by atoms with Crippen molar-refractivity contribution in [1.29, 1.82) is 0 Å². The van der Waals surface area contributed by atoms with Crippen LogP contribution < -0.4 is 5.32 Å². The van der Waals surface area contributed by atoms with Crippen LogP contribution in [0.25, 0.3) is 0 Å².